The molecule has 2 rings (SSSR count). The highest BCUT2D eigenvalue weighted by atomic mass is 16.6. The summed E-state index contributed by atoms with van der Waals surface area (Å²) in [6.45, 7) is 3.44. The monoisotopic (exact) mass is 178 g/mol. The third-order valence-electron chi connectivity index (χ3n) is 1.88. The summed E-state index contributed by atoms with van der Waals surface area (Å²) in [6, 6.07) is 0. The Balaban J connectivity index is 2.72. The van der Waals surface area contributed by atoms with E-state index < -0.39 is 11.9 Å². The first kappa shape index (κ1) is 7.85. The molecule has 5 heteroatoms. The van der Waals surface area contributed by atoms with Crippen molar-refractivity contribution >= 4 is 11.9 Å². The van der Waals surface area contributed by atoms with Gasteiger partial charge in [-0.3, -0.25) is 0 Å². The molecule has 0 aromatic carbocycles. The molecule has 0 atom stereocenters. The Bertz CT molecular complexity index is 387. The number of cyclic esters (lactones) is 2. The van der Waals surface area contributed by atoms with Crippen LogP contribution in [0.1, 0.15) is 32.4 Å². The Morgan fingerprint density at radius 1 is 0.923 bits per heavy atom. The normalized spacial score (nSPS) is 14.3. The van der Waals surface area contributed by atoms with Gasteiger partial charge in [-0.2, -0.15) is 0 Å². The Morgan fingerprint density at radius 3 is 1.69 bits per heavy atom. The summed E-state index contributed by atoms with van der Waals surface area (Å²) in [6.07, 6.45) is 0. The van der Waals surface area contributed by atoms with E-state index in [1.165, 1.54) is 0 Å². The van der Waals surface area contributed by atoms with Crippen molar-refractivity contribution in [3.63, 3.8) is 0 Å². The quantitative estimate of drug-likeness (QED) is 0.425. The fourth-order valence-electron chi connectivity index (χ4n) is 1.07. The van der Waals surface area contributed by atoms with Crippen molar-refractivity contribution < 1.29 is 14.3 Å². The number of hydrogen-bond acceptors (Lipinski definition) is 5. The average Bonchev–Trinajstić information content (AvgIpc) is 2.31. The predicted molar refractivity (Wildman–Crippen MR) is 41.3 cm³/mol. The minimum Gasteiger partial charge on any atom is -0.383 e. The van der Waals surface area contributed by atoms with Crippen molar-refractivity contribution in [2.75, 3.05) is 0 Å². The first-order valence-corrected chi connectivity index (χ1v) is 3.71. The fourth-order valence-corrected chi connectivity index (χ4v) is 1.07. The lowest BCUT2D eigenvalue weighted by atomic mass is 10.3. The van der Waals surface area contributed by atoms with E-state index in [0.29, 0.717) is 11.4 Å². The molecule has 1 aliphatic rings. The molecular weight excluding hydrogens is 172 g/mol. The van der Waals surface area contributed by atoms with E-state index >= 15 is 0 Å². The molecule has 0 radical (unpaired) electrons. The fraction of sp³-hybridized carbons (Fsp3) is 0.250. The second kappa shape index (κ2) is 2.35. The number of nitrogens with zero attached hydrogens (tertiary/aromatic N) is 2. The number of ether oxygens (including phenoxy) is 1. The SMILES string of the molecule is Cc1nc2c(nc1C)C(=O)OC2=O. The Kier molecular flexibility index (Phi) is 1.42. The highest BCUT2D eigenvalue weighted by molar-refractivity contribution is 6.12. The number of fused-ring (bicyclic) bond motifs is 1. The molecule has 0 saturated heterocycles. The number of esters is 2. The van der Waals surface area contributed by atoms with Crippen molar-refractivity contribution in [2.24, 2.45) is 0 Å². The summed E-state index contributed by atoms with van der Waals surface area (Å²) in [4.78, 5) is 29.8. The lowest BCUT2D eigenvalue weighted by Gasteiger charge is -1.97. The molecule has 0 bridgehead atoms. The van der Waals surface area contributed by atoms with Gasteiger partial charge in [0, 0.05) is 0 Å². The van der Waals surface area contributed by atoms with Crippen LogP contribution in [0.3, 0.4) is 0 Å². The summed E-state index contributed by atoms with van der Waals surface area (Å²) in [5, 5.41) is 0. The zero-order chi connectivity index (χ0) is 9.59. The summed E-state index contributed by atoms with van der Waals surface area (Å²) in [5.41, 5.74) is 1.30. The topological polar surface area (TPSA) is 69.2 Å². The molecule has 66 valence electrons. The summed E-state index contributed by atoms with van der Waals surface area (Å²) in [7, 11) is 0. The Labute approximate surface area is 73.8 Å². The van der Waals surface area contributed by atoms with E-state index in [0.717, 1.165) is 0 Å². The largest absolute Gasteiger partial charge is 0.383 e. The molecule has 1 aromatic heterocycles. The molecule has 5 nitrogen and oxygen atoms in total. The Morgan fingerprint density at radius 2 is 1.31 bits per heavy atom. The van der Waals surface area contributed by atoms with E-state index in [2.05, 4.69) is 14.7 Å². The van der Waals surface area contributed by atoms with Crippen molar-refractivity contribution in [2.45, 2.75) is 13.8 Å². The van der Waals surface area contributed by atoms with Crippen LogP contribution in [0, 0.1) is 13.8 Å². The van der Waals surface area contributed by atoms with E-state index in [9.17, 15) is 9.59 Å². The van der Waals surface area contributed by atoms with Crippen molar-refractivity contribution in [3.05, 3.63) is 22.8 Å². The van der Waals surface area contributed by atoms with E-state index in [-0.39, 0.29) is 11.4 Å². The van der Waals surface area contributed by atoms with Gasteiger partial charge in [-0.25, -0.2) is 19.6 Å². The average molecular weight is 178 g/mol. The molecular formula is C8H6N2O3. The first-order chi connectivity index (χ1) is 6.09. The van der Waals surface area contributed by atoms with Gasteiger partial charge in [0.2, 0.25) is 0 Å². The van der Waals surface area contributed by atoms with Gasteiger partial charge in [0.25, 0.3) is 0 Å². The molecule has 0 amide bonds. The molecule has 13 heavy (non-hydrogen) atoms. The van der Waals surface area contributed by atoms with Crippen LogP contribution in [0.25, 0.3) is 0 Å². The predicted octanol–water partition coefficient (Wildman–Crippen LogP) is 0.404. The molecule has 0 saturated carbocycles. The van der Waals surface area contributed by atoms with Gasteiger partial charge in [0.05, 0.1) is 11.4 Å². The number of carbonyl (C=O) groups is 2. The van der Waals surface area contributed by atoms with Crippen molar-refractivity contribution in [1.82, 2.24) is 9.97 Å². The zero-order valence-electron chi connectivity index (χ0n) is 7.12. The molecule has 0 unspecified atom stereocenters. The molecule has 0 fully saturated rings. The lowest BCUT2D eigenvalue weighted by Crippen LogP contribution is -2.03. The van der Waals surface area contributed by atoms with Crippen LogP contribution in [-0.4, -0.2) is 21.9 Å². The number of aryl methyl sites for hydroxylation is 2. The van der Waals surface area contributed by atoms with Crippen LogP contribution in [-0.2, 0) is 4.74 Å². The maximum atomic E-state index is 11.0. The zero-order valence-corrected chi connectivity index (χ0v) is 7.12. The van der Waals surface area contributed by atoms with E-state index in [1.807, 2.05) is 0 Å². The number of aromatic nitrogens is 2. The molecule has 1 aliphatic heterocycles. The van der Waals surface area contributed by atoms with Gasteiger partial charge in [0.15, 0.2) is 11.4 Å². The van der Waals surface area contributed by atoms with Gasteiger partial charge in [-0.15, -0.1) is 0 Å². The highest BCUT2D eigenvalue weighted by Crippen LogP contribution is 2.16. The third-order valence-corrected chi connectivity index (χ3v) is 1.88. The molecule has 0 N–H and O–H groups in total. The summed E-state index contributed by atoms with van der Waals surface area (Å²) < 4.78 is 4.34. The standard InChI is InChI=1S/C8H6N2O3/c1-3-4(2)10-6-5(9-3)7(11)13-8(6)12/h1-2H3. The van der Waals surface area contributed by atoms with Crippen LogP contribution in [0.2, 0.25) is 0 Å². The van der Waals surface area contributed by atoms with Gasteiger partial charge >= 0.3 is 11.9 Å². The van der Waals surface area contributed by atoms with Crippen molar-refractivity contribution in [1.29, 1.82) is 0 Å². The van der Waals surface area contributed by atoms with Crippen molar-refractivity contribution in [3.8, 4) is 0 Å². The summed E-state index contributed by atoms with van der Waals surface area (Å²) in [5.74, 6) is -1.42. The summed E-state index contributed by atoms with van der Waals surface area (Å²) >= 11 is 0. The van der Waals surface area contributed by atoms with E-state index in [4.69, 9.17) is 0 Å². The maximum absolute atomic E-state index is 11.0. The first-order valence-electron chi connectivity index (χ1n) is 3.71. The van der Waals surface area contributed by atoms with Gasteiger partial charge < -0.3 is 4.74 Å². The minimum absolute atomic E-state index is 0.0214. The van der Waals surface area contributed by atoms with Crippen LogP contribution < -0.4 is 0 Å². The van der Waals surface area contributed by atoms with Gasteiger partial charge in [0.1, 0.15) is 0 Å². The highest BCUT2D eigenvalue weighted by Gasteiger charge is 2.33. The van der Waals surface area contributed by atoms with Gasteiger partial charge in [-0.1, -0.05) is 0 Å². The number of carbonyl (C=O) groups excluding carboxylic acids is 2. The van der Waals surface area contributed by atoms with E-state index in [1.54, 1.807) is 13.8 Å². The van der Waals surface area contributed by atoms with Crippen LogP contribution >= 0.6 is 0 Å². The minimum atomic E-state index is -0.712. The molecule has 2 heterocycles. The number of rotatable bonds is 0. The molecule has 0 spiro atoms. The molecule has 0 aliphatic carbocycles. The van der Waals surface area contributed by atoms with Crippen LogP contribution in [0.5, 0.6) is 0 Å². The maximum Gasteiger partial charge on any atom is 0.367 e. The lowest BCUT2D eigenvalue weighted by molar-refractivity contribution is 0.0439. The second-order valence-corrected chi connectivity index (χ2v) is 2.77. The van der Waals surface area contributed by atoms with Crippen LogP contribution in [0.15, 0.2) is 0 Å². The van der Waals surface area contributed by atoms with Crippen LogP contribution in [0.4, 0.5) is 0 Å². The smallest absolute Gasteiger partial charge is 0.367 e. The second-order valence-electron chi connectivity index (χ2n) is 2.77. The Hall–Kier alpha value is -1.78. The van der Waals surface area contributed by atoms with Gasteiger partial charge in [-0.05, 0) is 13.8 Å². The third kappa shape index (κ3) is 1.00. The number of hydrogen-bond donors (Lipinski definition) is 0. The molecule has 1 aromatic rings.